The standard InChI is InChI=1S/C16H22N2O2/c1-4-12-11-17-15(18-6-9-19-10-7-18)14-13(12)16(2,3)5-8-20-14/h4,11H,1,5-10H2,2-3H3. The molecule has 0 atom stereocenters. The summed E-state index contributed by atoms with van der Waals surface area (Å²) >= 11 is 0. The molecule has 108 valence electrons. The fourth-order valence-electron chi connectivity index (χ4n) is 3.02. The van der Waals surface area contributed by atoms with Crippen LogP contribution in [0.25, 0.3) is 6.08 Å². The van der Waals surface area contributed by atoms with Gasteiger partial charge in [-0.3, -0.25) is 0 Å². The second kappa shape index (κ2) is 5.09. The number of fused-ring (bicyclic) bond motifs is 1. The van der Waals surface area contributed by atoms with E-state index in [-0.39, 0.29) is 5.41 Å². The van der Waals surface area contributed by atoms with E-state index >= 15 is 0 Å². The molecule has 1 aromatic rings. The van der Waals surface area contributed by atoms with Gasteiger partial charge >= 0.3 is 0 Å². The van der Waals surface area contributed by atoms with Crippen molar-refractivity contribution in [3.8, 4) is 5.75 Å². The largest absolute Gasteiger partial charge is 0.489 e. The van der Waals surface area contributed by atoms with Crippen molar-refractivity contribution in [2.24, 2.45) is 0 Å². The number of anilines is 1. The number of morpholine rings is 1. The molecule has 20 heavy (non-hydrogen) atoms. The van der Waals surface area contributed by atoms with Crippen molar-refractivity contribution < 1.29 is 9.47 Å². The van der Waals surface area contributed by atoms with Crippen molar-refractivity contribution in [1.82, 2.24) is 4.98 Å². The van der Waals surface area contributed by atoms with Crippen molar-refractivity contribution >= 4 is 11.9 Å². The Morgan fingerprint density at radius 3 is 2.75 bits per heavy atom. The molecule has 3 rings (SSSR count). The Morgan fingerprint density at radius 2 is 2.05 bits per heavy atom. The fraction of sp³-hybridized carbons (Fsp3) is 0.562. The highest BCUT2D eigenvalue weighted by Gasteiger charge is 2.34. The molecule has 0 amide bonds. The van der Waals surface area contributed by atoms with Crippen LogP contribution in [-0.2, 0) is 10.2 Å². The Kier molecular flexibility index (Phi) is 3.42. The van der Waals surface area contributed by atoms with Gasteiger partial charge < -0.3 is 14.4 Å². The van der Waals surface area contributed by atoms with Crippen LogP contribution in [0.5, 0.6) is 5.75 Å². The molecule has 0 spiro atoms. The number of pyridine rings is 1. The van der Waals surface area contributed by atoms with Gasteiger partial charge in [-0.2, -0.15) is 0 Å². The van der Waals surface area contributed by atoms with Crippen LogP contribution in [0.4, 0.5) is 5.82 Å². The number of hydrogen-bond donors (Lipinski definition) is 0. The summed E-state index contributed by atoms with van der Waals surface area (Å²) in [6.07, 6.45) is 4.83. The average molecular weight is 274 g/mol. The molecule has 1 fully saturated rings. The van der Waals surface area contributed by atoms with Crippen LogP contribution in [0.3, 0.4) is 0 Å². The Balaban J connectivity index is 2.11. The van der Waals surface area contributed by atoms with Crippen molar-refractivity contribution in [2.75, 3.05) is 37.8 Å². The first-order chi connectivity index (χ1) is 9.63. The average Bonchev–Trinajstić information content (AvgIpc) is 2.47. The lowest BCUT2D eigenvalue weighted by atomic mass is 9.78. The van der Waals surface area contributed by atoms with Gasteiger partial charge in [0.1, 0.15) is 0 Å². The molecule has 1 saturated heterocycles. The third-order valence-electron chi connectivity index (χ3n) is 4.23. The molecule has 0 aromatic carbocycles. The highest BCUT2D eigenvalue weighted by Crippen LogP contribution is 2.45. The summed E-state index contributed by atoms with van der Waals surface area (Å²) in [6, 6.07) is 0. The molecule has 2 aliphatic heterocycles. The van der Waals surface area contributed by atoms with E-state index in [1.807, 2.05) is 12.3 Å². The van der Waals surface area contributed by atoms with E-state index in [1.165, 1.54) is 5.56 Å². The second-order valence-electron chi connectivity index (χ2n) is 6.03. The van der Waals surface area contributed by atoms with Gasteiger partial charge in [0.2, 0.25) is 0 Å². The maximum absolute atomic E-state index is 5.99. The van der Waals surface area contributed by atoms with E-state index in [0.29, 0.717) is 0 Å². The lowest BCUT2D eigenvalue weighted by Gasteiger charge is -2.37. The molecular weight excluding hydrogens is 252 g/mol. The highest BCUT2D eigenvalue weighted by molar-refractivity contribution is 5.67. The monoisotopic (exact) mass is 274 g/mol. The number of nitrogens with zero attached hydrogens (tertiary/aromatic N) is 2. The number of hydrogen-bond acceptors (Lipinski definition) is 4. The molecule has 0 saturated carbocycles. The van der Waals surface area contributed by atoms with E-state index < -0.39 is 0 Å². The molecule has 0 radical (unpaired) electrons. The lowest BCUT2D eigenvalue weighted by Crippen LogP contribution is -2.38. The molecule has 4 heteroatoms. The molecule has 2 aliphatic rings. The Bertz CT molecular complexity index is 519. The topological polar surface area (TPSA) is 34.6 Å². The van der Waals surface area contributed by atoms with Crippen LogP contribution in [0.2, 0.25) is 0 Å². The summed E-state index contributed by atoms with van der Waals surface area (Å²) < 4.78 is 11.4. The van der Waals surface area contributed by atoms with Gasteiger partial charge in [-0.1, -0.05) is 26.5 Å². The minimum atomic E-state index is 0.0983. The van der Waals surface area contributed by atoms with E-state index in [2.05, 4.69) is 30.3 Å². The normalized spacial score (nSPS) is 21.0. The fourth-order valence-corrected chi connectivity index (χ4v) is 3.02. The predicted molar refractivity (Wildman–Crippen MR) is 80.5 cm³/mol. The summed E-state index contributed by atoms with van der Waals surface area (Å²) in [5.74, 6) is 1.90. The van der Waals surface area contributed by atoms with E-state index in [9.17, 15) is 0 Å². The van der Waals surface area contributed by atoms with Crippen molar-refractivity contribution in [3.05, 3.63) is 23.9 Å². The molecule has 3 heterocycles. The molecular formula is C16H22N2O2. The lowest BCUT2D eigenvalue weighted by molar-refractivity contribution is 0.121. The summed E-state index contributed by atoms with van der Waals surface area (Å²) in [5.41, 5.74) is 2.43. The second-order valence-corrected chi connectivity index (χ2v) is 6.03. The van der Waals surface area contributed by atoms with Gasteiger partial charge in [-0.15, -0.1) is 0 Å². The van der Waals surface area contributed by atoms with Gasteiger partial charge in [0.05, 0.1) is 19.8 Å². The zero-order chi connectivity index (χ0) is 14.2. The van der Waals surface area contributed by atoms with Crippen molar-refractivity contribution in [3.63, 3.8) is 0 Å². The van der Waals surface area contributed by atoms with Crippen LogP contribution < -0.4 is 9.64 Å². The third-order valence-corrected chi connectivity index (χ3v) is 4.23. The van der Waals surface area contributed by atoms with Crippen LogP contribution >= 0.6 is 0 Å². The van der Waals surface area contributed by atoms with Gasteiger partial charge in [0.15, 0.2) is 11.6 Å². The van der Waals surface area contributed by atoms with E-state index in [4.69, 9.17) is 9.47 Å². The zero-order valence-electron chi connectivity index (χ0n) is 12.3. The van der Waals surface area contributed by atoms with Crippen LogP contribution in [0, 0.1) is 0 Å². The molecule has 0 aliphatic carbocycles. The number of ether oxygens (including phenoxy) is 2. The van der Waals surface area contributed by atoms with Gasteiger partial charge in [-0.25, -0.2) is 4.98 Å². The van der Waals surface area contributed by atoms with Gasteiger partial charge in [0.25, 0.3) is 0 Å². The zero-order valence-corrected chi connectivity index (χ0v) is 12.3. The maximum Gasteiger partial charge on any atom is 0.171 e. The molecule has 0 bridgehead atoms. The van der Waals surface area contributed by atoms with Crippen LogP contribution in [-0.4, -0.2) is 37.9 Å². The molecule has 0 unspecified atom stereocenters. The highest BCUT2D eigenvalue weighted by atomic mass is 16.5. The Labute approximate surface area is 120 Å². The van der Waals surface area contributed by atoms with Crippen molar-refractivity contribution in [1.29, 1.82) is 0 Å². The molecule has 0 N–H and O–H groups in total. The third kappa shape index (κ3) is 2.18. The number of aromatic nitrogens is 1. The predicted octanol–water partition coefficient (Wildman–Crippen LogP) is 2.62. The summed E-state index contributed by atoms with van der Waals surface area (Å²) in [7, 11) is 0. The minimum absolute atomic E-state index is 0.0983. The van der Waals surface area contributed by atoms with Crippen LogP contribution in [0.1, 0.15) is 31.4 Å². The first-order valence-corrected chi connectivity index (χ1v) is 7.25. The summed E-state index contributed by atoms with van der Waals surface area (Å²) in [5, 5.41) is 0. The van der Waals surface area contributed by atoms with Crippen LogP contribution in [0.15, 0.2) is 12.8 Å². The summed E-state index contributed by atoms with van der Waals surface area (Å²) in [6.45, 7) is 12.5. The Morgan fingerprint density at radius 1 is 1.30 bits per heavy atom. The van der Waals surface area contributed by atoms with E-state index in [0.717, 1.165) is 56.5 Å². The quantitative estimate of drug-likeness (QED) is 0.830. The van der Waals surface area contributed by atoms with Gasteiger partial charge in [-0.05, 0) is 17.4 Å². The van der Waals surface area contributed by atoms with Crippen molar-refractivity contribution in [2.45, 2.75) is 25.7 Å². The van der Waals surface area contributed by atoms with E-state index in [1.54, 1.807) is 0 Å². The first kappa shape index (κ1) is 13.4. The maximum atomic E-state index is 5.99. The molecule has 1 aromatic heterocycles. The minimum Gasteiger partial charge on any atom is -0.489 e. The van der Waals surface area contributed by atoms with Gasteiger partial charge in [0, 0.05) is 24.8 Å². The molecule has 4 nitrogen and oxygen atoms in total. The smallest absolute Gasteiger partial charge is 0.171 e. The SMILES string of the molecule is C=Cc1cnc(N2CCOCC2)c2c1C(C)(C)CCO2. The summed E-state index contributed by atoms with van der Waals surface area (Å²) in [4.78, 5) is 6.89. The first-order valence-electron chi connectivity index (χ1n) is 7.25. The number of rotatable bonds is 2. The Hall–Kier alpha value is -1.55.